The van der Waals surface area contributed by atoms with Crippen LogP contribution in [-0.2, 0) is 20.2 Å². The van der Waals surface area contributed by atoms with Gasteiger partial charge in [0.05, 0.1) is 16.3 Å². The molecule has 0 spiro atoms. The quantitative estimate of drug-likeness (QED) is 0.383. The Morgan fingerprint density at radius 3 is 2.06 bits per heavy atom. The van der Waals surface area contributed by atoms with Gasteiger partial charge in [-0.3, -0.25) is 9.10 Å². The highest BCUT2D eigenvalue weighted by Crippen LogP contribution is 2.24. The summed E-state index contributed by atoms with van der Waals surface area (Å²) in [4.78, 5) is 12.9. The summed E-state index contributed by atoms with van der Waals surface area (Å²) in [6.45, 7) is 9.74. The summed E-state index contributed by atoms with van der Waals surface area (Å²) in [5, 5.41) is 4.20. The number of carbonyl (C=O) groups excluding carboxylic acids is 1. The Labute approximate surface area is 202 Å². The summed E-state index contributed by atoms with van der Waals surface area (Å²) < 4.78 is 27.8. The molecule has 0 fully saturated rings. The van der Waals surface area contributed by atoms with Crippen LogP contribution in [0.5, 0.6) is 0 Å². The highest BCUT2D eigenvalue weighted by Gasteiger charge is 2.27. The Balaban J connectivity index is 1.81. The topological polar surface area (TPSA) is 78.8 Å². The van der Waals surface area contributed by atoms with E-state index in [9.17, 15) is 13.2 Å². The number of nitrogens with one attached hydrogen (secondary N) is 1. The minimum absolute atomic E-state index is 0.0431. The molecule has 0 unspecified atom stereocenters. The van der Waals surface area contributed by atoms with Crippen LogP contribution in [0, 0.1) is 6.92 Å². The average molecular weight is 478 g/mol. The molecule has 0 saturated heterocycles. The maximum absolute atomic E-state index is 13.3. The Kier molecular flexibility index (Phi) is 7.57. The van der Waals surface area contributed by atoms with E-state index in [4.69, 9.17) is 0 Å². The number of anilines is 1. The van der Waals surface area contributed by atoms with Crippen molar-refractivity contribution in [3.63, 3.8) is 0 Å². The molecule has 0 radical (unpaired) electrons. The molecule has 0 aliphatic heterocycles. The number of hydrogen-bond acceptors (Lipinski definition) is 4. The van der Waals surface area contributed by atoms with E-state index in [1.165, 1.54) is 17.7 Å². The van der Waals surface area contributed by atoms with Gasteiger partial charge in [-0.15, -0.1) is 0 Å². The zero-order valence-electron chi connectivity index (χ0n) is 20.2. The van der Waals surface area contributed by atoms with Gasteiger partial charge in [0.15, 0.2) is 0 Å². The van der Waals surface area contributed by atoms with Crippen molar-refractivity contribution in [1.82, 2.24) is 5.43 Å². The zero-order valence-corrected chi connectivity index (χ0v) is 21.1. The summed E-state index contributed by atoms with van der Waals surface area (Å²) in [5.41, 5.74) is 6.65. The second-order valence-corrected chi connectivity index (χ2v) is 11.1. The van der Waals surface area contributed by atoms with Crippen LogP contribution in [0.25, 0.3) is 0 Å². The van der Waals surface area contributed by atoms with Crippen LogP contribution in [0.1, 0.15) is 44.4 Å². The number of amides is 1. The van der Waals surface area contributed by atoms with E-state index in [1.54, 1.807) is 37.3 Å². The van der Waals surface area contributed by atoms with Gasteiger partial charge in [-0.1, -0.05) is 80.9 Å². The summed E-state index contributed by atoms with van der Waals surface area (Å²) in [7, 11) is -3.95. The van der Waals surface area contributed by atoms with E-state index in [0.29, 0.717) is 11.4 Å². The Bertz CT molecular complexity index is 1260. The molecule has 3 rings (SSSR count). The summed E-state index contributed by atoms with van der Waals surface area (Å²) >= 11 is 0. The normalized spacial score (nSPS) is 12.3. The molecule has 7 heteroatoms. The maximum Gasteiger partial charge on any atom is 0.264 e. The third-order valence-electron chi connectivity index (χ3n) is 5.46. The van der Waals surface area contributed by atoms with Gasteiger partial charge in [0, 0.05) is 0 Å². The van der Waals surface area contributed by atoms with Crippen LogP contribution in [-0.4, -0.2) is 26.6 Å². The number of carbonyl (C=O) groups is 1. The van der Waals surface area contributed by atoms with Crippen molar-refractivity contribution in [1.29, 1.82) is 0 Å². The highest BCUT2D eigenvalue weighted by molar-refractivity contribution is 7.92. The molecule has 0 bridgehead atoms. The first kappa shape index (κ1) is 25.2. The lowest BCUT2D eigenvalue weighted by molar-refractivity contribution is -0.119. The molecule has 0 atom stereocenters. The lowest BCUT2D eigenvalue weighted by atomic mass is 9.86. The second-order valence-electron chi connectivity index (χ2n) is 9.22. The fourth-order valence-corrected chi connectivity index (χ4v) is 4.78. The van der Waals surface area contributed by atoms with Gasteiger partial charge >= 0.3 is 0 Å². The number of benzene rings is 3. The predicted octanol–water partition coefficient (Wildman–Crippen LogP) is 5.03. The third kappa shape index (κ3) is 6.11. The monoisotopic (exact) mass is 477 g/mol. The van der Waals surface area contributed by atoms with Crippen LogP contribution < -0.4 is 9.73 Å². The largest absolute Gasteiger partial charge is 0.271 e. The Morgan fingerprint density at radius 1 is 0.912 bits per heavy atom. The van der Waals surface area contributed by atoms with E-state index < -0.39 is 22.5 Å². The van der Waals surface area contributed by atoms with Crippen LogP contribution >= 0.6 is 0 Å². The fraction of sp³-hybridized carbons (Fsp3) is 0.259. The van der Waals surface area contributed by atoms with Crippen molar-refractivity contribution in [2.45, 2.75) is 44.9 Å². The molecular formula is C27H31N3O3S. The number of nitrogens with zero attached hydrogens (tertiary/aromatic N) is 2. The van der Waals surface area contributed by atoms with Gasteiger partial charge in [0.1, 0.15) is 6.54 Å². The Morgan fingerprint density at radius 2 is 1.50 bits per heavy atom. The van der Waals surface area contributed by atoms with Crippen molar-refractivity contribution in [2.75, 3.05) is 10.8 Å². The molecule has 0 heterocycles. The van der Waals surface area contributed by atoms with Gasteiger partial charge in [0.2, 0.25) is 0 Å². The first-order valence-electron chi connectivity index (χ1n) is 11.1. The molecule has 6 nitrogen and oxygen atoms in total. The summed E-state index contributed by atoms with van der Waals surface area (Å²) in [5.74, 6) is -0.536. The first-order valence-corrected chi connectivity index (χ1v) is 12.5. The van der Waals surface area contributed by atoms with Gasteiger partial charge < -0.3 is 0 Å². The van der Waals surface area contributed by atoms with Gasteiger partial charge in [0.25, 0.3) is 15.9 Å². The lowest BCUT2D eigenvalue weighted by Crippen LogP contribution is -2.39. The van der Waals surface area contributed by atoms with Crippen LogP contribution in [0.2, 0.25) is 0 Å². The average Bonchev–Trinajstić information content (AvgIpc) is 2.81. The van der Waals surface area contributed by atoms with E-state index >= 15 is 0 Å². The molecule has 34 heavy (non-hydrogen) atoms. The third-order valence-corrected chi connectivity index (χ3v) is 7.25. The molecule has 0 aromatic heterocycles. The molecule has 178 valence electrons. The fourth-order valence-electron chi connectivity index (χ4n) is 3.33. The highest BCUT2D eigenvalue weighted by atomic mass is 32.2. The number of rotatable bonds is 7. The van der Waals surface area contributed by atoms with Gasteiger partial charge in [-0.25, -0.2) is 13.8 Å². The van der Waals surface area contributed by atoms with Crippen molar-refractivity contribution < 1.29 is 13.2 Å². The minimum Gasteiger partial charge on any atom is -0.271 e. The van der Waals surface area contributed by atoms with E-state index in [-0.39, 0.29) is 10.3 Å². The van der Waals surface area contributed by atoms with Gasteiger partial charge in [-0.2, -0.15) is 5.10 Å². The smallest absolute Gasteiger partial charge is 0.264 e. The SMILES string of the molecule is C/C(=N/NC(=O)CN(c1ccc(C)cc1)S(=O)(=O)c1ccccc1)c1ccc(C(C)(C)C)cc1. The lowest BCUT2D eigenvalue weighted by Gasteiger charge is -2.24. The number of hydrogen-bond donors (Lipinski definition) is 1. The first-order chi connectivity index (χ1) is 16.0. The number of hydrazone groups is 1. The van der Waals surface area contributed by atoms with E-state index in [0.717, 1.165) is 15.4 Å². The molecule has 1 N–H and O–H groups in total. The molecule has 0 aliphatic rings. The van der Waals surface area contributed by atoms with Crippen molar-refractivity contribution in [3.8, 4) is 0 Å². The molecule has 1 amide bonds. The van der Waals surface area contributed by atoms with Gasteiger partial charge in [-0.05, 0) is 54.7 Å². The summed E-state index contributed by atoms with van der Waals surface area (Å²) in [6.07, 6.45) is 0. The maximum atomic E-state index is 13.3. The molecule has 0 saturated carbocycles. The van der Waals surface area contributed by atoms with E-state index in [1.807, 2.05) is 43.3 Å². The predicted molar refractivity (Wildman–Crippen MR) is 138 cm³/mol. The van der Waals surface area contributed by atoms with Crippen molar-refractivity contribution >= 4 is 27.3 Å². The molecule has 3 aromatic rings. The zero-order chi connectivity index (χ0) is 24.9. The van der Waals surface area contributed by atoms with E-state index in [2.05, 4.69) is 31.3 Å². The van der Waals surface area contributed by atoms with Crippen molar-refractivity contribution in [3.05, 3.63) is 95.6 Å². The summed E-state index contributed by atoms with van der Waals surface area (Å²) in [6, 6.07) is 23.1. The Hall–Kier alpha value is -3.45. The van der Waals surface area contributed by atoms with Crippen LogP contribution in [0.4, 0.5) is 5.69 Å². The van der Waals surface area contributed by atoms with Crippen LogP contribution in [0.15, 0.2) is 88.9 Å². The standard InChI is InChI=1S/C27H31N3O3S/c1-20-11-17-24(18-12-20)30(34(32,33)25-9-7-6-8-10-25)19-26(31)29-28-21(2)22-13-15-23(16-14-22)27(3,4)5/h6-18H,19H2,1-5H3,(H,29,31)/b28-21-. The second kappa shape index (κ2) is 10.2. The van der Waals surface area contributed by atoms with Crippen LogP contribution in [0.3, 0.4) is 0 Å². The molecular weight excluding hydrogens is 446 g/mol. The molecule has 0 aliphatic carbocycles. The van der Waals surface area contributed by atoms with Crippen molar-refractivity contribution in [2.24, 2.45) is 5.10 Å². The number of sulfonamides is 1. The molecule has 3 aromatic carbocycles. The minimum atomic E-state index is -3.95. The number of aryl methyl sites for hydroxylation is 1.